The maximum absolute atomic E-state index is 11.8. The normalized spacial score (nSPS) is 12.8. The van der Waals surface area contributed by atoms with Crippen LogP contribution in [-0.2, 0) is 9.53 Å². The van der Waals surface area contributed by atoms with Gasteiger partial charge in [-0.05, 0) is 24.5 Å². The standard InChI is InChI=1S/C14H17NO2S2/c1-9(2)8-12(13(16)17-3)19-14-15-10-6-4-5-7-11(10)18-14/h4-7,9,12H,8H2,1-3H3. The molecular formula is C14H17NO2S2. The van der Waals surface area contributed by atoms with Gasteiger partial charge < -0.3 is 4.74 Å². The Morgan fingerprint density at radius 1 is 1.42 bits per heavy atom. The molecule has 19 heavy (non-hydrogen) atoms. The van der Waals surface area contributed by atoms with Gasteiger partial charge >= 0.3 is 5.97 Å². The molecule has 0 saturated heterocycles. The Kier molecular flexibility index (Phi) is 4.82. The van der Waals surface area contributed by atoms with E-state index in [0.29, 0.717) is 5.92 Å². The molecule has 0 aliphatic heterocycles. The van der Waals surface area contributed by atoms with E-state index < -0.39 is 0 Å². The Morgan fingerprint density at radius 3 is 2.79 bits per heavy atom. The van der Waals surface area contributed by atoms with Crippen molar-refractivity contribution in [2.75, 3.05) is 7.11 Å². The van der Waals surface area contributed by atoms with E-state index in [4.69, 9.17) is 4.74 Å². The van der Waals surface area contributed by atoms with Crippen LogP contribution in [0, 0.1) is 5.92 Å². The topological polar surface area (TPSA) is 39.2 Å². The Balaban J connectivity index is 2.17. The minimum Gasteiger partial charge on any atom is -0.468 e. The highest BCUT2D eigenvalue weighted by Crippen LogP contribution is 2.34. The lowest BCUT2D eigenvalue weighted by atomic mass is 10.1. The fourth-order valence-electron chi connectivity index (χ4n) is 1.78. The average molecular weight is 295 g/mol. The van der Waals surface area contributed by atoms with Gasteiger partial charge in [0.15, 0.2) is 4.34 Å². The second kappa shape index (κ2) is 6.39. The quantitative estimate of drug-likeness (QED) is 0.618. The van der Waals surface area contributed by atoms with Crippen molar-refractivity contribution in [1.29, 1.82) is 0 Å². The predicted molar refractivity (Wildman–Crippen MR) is 80.7 cm³/mol. The van der Waals surface area contributed by atoms with Crippen LogP contribution in [0.25, 0.3) is 10.2 Å². The second-order valence-corrected chi connectivity index (χ2v) is 7.19. The minimum atomic E-state index is -0.175. The number of thioether (sulfide) groups is 1. The van der Waals surface area contributed by atoms with Crippen LogP contribution in [0.2, 0.25) is 0 Å². The molecule has 1 aromatic carbocycles. The molecule has 0 saturated carbocycles. The van der Waals surface area contributed by atoms with E-state index in [-0.39, 0.29) is 11.2 Å². The third-order valence-electron chi connectivity index (χ3n) is 2.67. The van der Waals surface area contributed by atoms with Crippen molar-refractivity contribution in [3.05, 3.63) is 24.3 Å². The van der Waals surface area contributed by atoms with Crippen LogP contribution in [0.15, 0.2) is 28.6 Å². The average Bonchev–Trinajstić information content (AvgIpc) is 2.78. The number of esters is 1. The number of fused-ring (bicyclic) bond motifs is 1. The van der Waals surface area contributed by atoms with Gasteiger partial charge in [-0.2, -0.15) is 0 Å². The Bertz CT molecular complexity index is 532. The van der Waals surface area contributed by atoms with Crippen LogP contribution in [0.3, 0.4) is 0 Å². The smallest absolute Gasteiger partial charge is 0.319 e. The minimum absolute atomic E-state index is 0.169. The zero-order chi connectivity index (χ0) is 13.8. The van der Waals surface area contributed by atoms with Gasteiger partial charge in [0.1, 0.15) is 5.25 Å². The highest BCUT2D eigenvalue weighted by Gasteiger charge is 2.23. The Morgan fingerprint density at radius 2 is 2.16 bits per heavy atom. The van der Waals surface area contributed by atoms with Crippen LogP contribution in [-0.4, -0.2) is 23.3 Å². The van der Waals surface area contributed by atoms with Crippen molar-refractivity contribution in [2.24, 2.45) is 5.92 Å². The van der Waals surface area contributed by atoms with E-state index >= 15 is 0 Å². The van der Waals surface area contributed by atoms with Gasteiger partial charge in [-0.1, -0.05) is 37.7 Å². The van der Waals surface area contributed by atoms with Crippen LogP contribution in [0.4, 0.5) is 0 Å². The molecule has 0 radical (unpaired) electrons. The molecule has 0 fully saturated rings. The molecule has 0 N–H and O–H groups in total. The number of methoxy groups -OCH3 is 1. The molecule has 0 amide bonds. The summed E-state index contributed by atoms with van der Waals surface area (Å²) in [5.74, 6) is 0.281. The highest BCUT2D eigenvalue weighted by molar-refractivity contribution is 8.02. The molecule has 102 valence electrons. The number of thiazole rings is 1. The number of carbonyl (C=O) groups excluding carboxylic acids is 1. The van der Waals surface area contributed by atoms with Crippen molar-refractivity contribution >= 4 is 39.3 Å². The Labute approximate surface area is 121 Å². The maximum Gasteiger partial charge on any atom is 0.319 e. The van der Waals surface area contributed by atoms with Gasteiger partial charge in [0.05, 0.1) is 17.3 Å². The molecule has 0 spiro atoms. The van der Waals surface area contributed by atoms with Gasteiger partial charge in [0.25, 0.3) is 0 Å². The SMILES string of the molecule is COC(=O)C(CC(C)C)Sc1nc2ccccc2s1. The summed E-state index contributed by atoms with van der Waals surface area (Å²) in [7, 11) is 1.44. The second-order valence-electron chi connectivity index (χ2n) is 4.71. The number of rotatable bonds is 5. The number of para-hydroxylation sites is 1. The summed E-state index contributed by atoms with van der Waals surface area (Å²) in [5, 5.41) is -0.175. The first kappa shape index (κ1) is 14.3. The lowest BCUT2D eigenvalue weighted by Gasteiger charge is -2.14. The Hall–Kier alpha value is -1.07. The molecule has 1 aromatic heterocycles. The third-order valence-corrected chi connectivity index (χ3v) is 5.00. The van der Waals surface area contributed by atoms with E-state index in [1.54, 1.807) is 11.3 Å². The monoisotopic (exact) mass is 295 g/mol. The summed E-state index contributed by atoms with van der Waals surface area (Å²) >= 11 is 3.13. The third kappa shape index (κ3) is 3.70. The molecular weight excluding hydrogens is 278 g/mol. The van der Waals surface area contributed by atoms with E-state index in [1.165, 1.54) is 18.9 Å². The number of hydrogen-bond donors (Lipinski definition) is 0. The molecule has 1 atom stereocenters. The molecule has 0 aliphatic carbocycles. The first-order chi connectivity index (χ1) is 9.10. The van der Waals surface area contributed by atoms with Gasteiger partial charge in [-0.25, -0.2) is 4.98 Å². The van der Waals surface area contributed by atoms with Crippen molar-refractivity contribution in [3.63, 3.8) is 0 Å². The molecule has 0 aliphatic rings. The number of benzene rings is 1. The molecule has 1 heterocycles. The van der Waals surface area contributed by atoms with Crippen molar-refractivity contribution in [2.45, 2.75) is 29.9 Å². The van der Waals surface area contributed by atoms with Crippen LogP contribution in [0.1, 0.15) is 20.3 Å². The molecule has 1 unspecified atom stereocenters. The predicted octanol–water partition coefficient (Wildman–Crippen LogP) is 3.98. The van der Waals surface area contributed by atoms with Gasteiger partial charge in [0.2, 0.25) is 0 Å². The van der Waals surface area contributed by atoms with Gasteiger partial charge in [0, 0.05) is 0 Å². The summed E-state index contributed by atoms with van der Waals surface area (Å²) < 4.78 is 6.96. The molecule has 2 aromatic rings. The van der Waals surface area contributed by atoms with Crippen LogP contribution < -0.4 is 0 Å². The largest absolute Gasteiger partial charge is 0.468 e. The summed E-state index contributed by atoms with van der Waals surface area (Å²) in [5.41, 5.74) is 0.989. The van der Waals surface area contributed by atoms with Crippen molar-refractivity contribution in [3.8, 4) is 0 Å². The van der Waals surface area contributed by atoms with E-state index in [0.717, 1.165) is 21.0 Å². The molecule has 5 heteroatoms. The first-order valence-corrected chi connectivity index (χ1v) is 7.90. The van der Waals surface area contributed by atoms with Gasteiger partial charge in [-0.3, -0.25) is 4.79 Å². The lowest BCUT2D eigenvalue weighted by molar-refractivity contribution is -0.140. The van der Waals surface area contributed by atoms with Crippen LogP contribution in [0.5, 0.6) is 0 Å². The number of carbonyl (C=O) groups is 1. The van der Waals surface area contributed by atoms with Crippen molar-refractivity contribution in [1.82, 2.24) is 4.98 Å². The van der Waals surface area contributed by atoms with E-state index in [1.807, 2.05) is 24.3 Å². The fourth-order valence-corrected chi connectivity index (χ4v) is 4.35. The van der Waals surface area contributed by atoms with E-state index in [2.05, 4.69) is 18.8 Å². The number of hydrogen-bond acceptors (Lipinski definition) is 5. The lowest BCUT2D eigenvalue weighted by Crippen LogP contribution is -2.20. The number of ether oxygens (including phenoxy) is 1. The van der Waals surface area contributed by atoms with Crippen molar-refractivity contribution < 1.29 is 9.53 Å². The zero-order valence-corrected chi connectivity index (χ0v) is 12.9. The maximum atomic E-state index is 11.8. The highest BCUT2D eigenvalue weighted by atomic mass is 32.2. The van der Waals surface area contributed by atoms with E-state index in [9.17, 15) is 4.79 Å². The zero-order valence-electron chi connectivity index (χ0n) is 11.3. The molecule has 0 bridgehead atoms. The van der Waals surface area contributed by atoms with Gasteiger partial charge in [-0.15, -0.1) is 11.3 Å². The summed E-state index contributed by atoms with van der Waals surface area (Å²) in [6, 6.07) is 8.02. The summed E-state index contributed by atoms with van der Waals surface area (Å²) in [4.78, 5) is 16.4. The number of aromatic nitrogens is 1. The first-order valence-electron chi connectivity index (χ1n) is 6.20. The number of nitrogens with zero attached hydrogens (tertiary/aromatic N) is 1. The molecule has 2 rings (SSSR count). The molecule has 3 nitrogen and oxygen atoms in total. The summed E-state index contributed by atoms with van der Waals surface area (Å²) in [6.45, 7) is 4.21. The fraction of sp³-hybridized carbons (Fsp3) is 0.429. The summed E-state index contributed by atoms with van der Waals surface area (Å²) in [6.07, 6.45) is 0.799. The van der Waals surface area contributed by atoms with Crippen LogP contribution >= 0.6 is 23.1 Å².